The number of aryl methyl sites for hydroxylation is 1. The van der Waals surface area contributed by atoms with Gasteiger partial charge in [-0.2, -0.15) is 0 Å². The second-order valence-corrected chi connectivity index (χ2v) is 3.04. The van der Waals surface area contributed by atoms with Gasteiger partial charge in [0.05, 0.1) is 5.69 Å². The molecule has 1 nitrogen and oxygen atoms in total. The fourth-order valence-electron chi connectivity index (χ4n) is 1.43. The molecule has 1 heteroatoms. The van der Waals surface area contributed by atoms with E-state index >= 15 is 0 Å². The molecule has 1 aliphatic carbocycles. The first kappa shape index (κ1) is 6.59. The molecule has 1 aromatic rings. The zero-order valence-corrected chi connectivity index (χ0v) is 6.67. The van der Waals surface area contributed by atoms with E-state index in [0.717, 1.165) is 12.1 Å². The molecule has 0 fully saturated rings. The van der Waals surface area contributed by atoms with Crippen LogP contribution >= 0.6 is 0 Å². The van der Waals surface area contributed by atoms with Gasteiger partial charge in [-0.25, -0.2) is 0 Å². The zero-order chi connectivity index (χ0) is 7.68. The van der Waals surface area contributed by atoms with Gasteiger partial charge in [-0.1, -0.05) is 11.6 Å². The highest BCUT2D eigenvalue weighted by molar-refractivity contribution is 5.54. The van der Waals surface area contributed by atoms with Crippen molar-refractivity contribution in [3.63, 3.8) is 0 Å². The zero-order valence-electron chi connectivity index (χ0n) is 6.67. The molecule has 0 unspecified atom stereocenters. The summed E-state index contributed by atoms with van der Waals surface area (Å²) >= 11 is 0. The maximum Gasteiger partial charge on any atom is 0.0661 e. The molecule has 0 bridgehead atoms. The van der Waals surface area contributed by atoms with Crippen molar-refractivity contribution < 1.29 is 0 Å². The molecule has 1 heterocycles. The lowest BCUT2D eigenvalue weighted by Crippen LogP contribution is -1.98. The fourth-order valence-corrected chi connectivity index (χ4v) is 1.43. The van der Waals surface area contributed by atoms with E-state index in [9.17, 15) is 0 Å². The Balaban J connectivity index is 2.51. The number of hydrogen-bond donors (Lipinski definition) is 0. The van der Waals surface area contributed by atoms with Crippen molar-refractivity contribution in [3.05, 3.63) is 35.2 Å². The van der Waals surface area contributed by atoms with E-state index in [-0.39, 0.29) is 0 Å². The van der Waals surface area contributed by atoms with Crippen LogP contribution in [0.4, 0.5) is 0 Å². The van der Waals surface area contributed by atoms with Crippen molar-refractivity contribution in [2.75, 3.05) is 0 Å². The second-order valence-electron chi connectivity index (χ2n) is 3.04. The average molecular weight is 145 g/mol. The molecule has 0 amide bonds. The van der Waals surface area contributed by atoms with E-state index in [1.54, 1.807) is 0 Å². The monoisotopic (exact) mass is 145 g/mol. The van der Waals surface area contributed by atoms with E-state index in [1.165, 1.54) is 17.6 Å². The van der Waals surface area contributed by atoms with Crippen molar-refractivity contribution in [1.82, 2.24) is 4.98 Å². The van der Waals surface area contributed by atoms with Crippen molar-refractivity contribution in [1.29, 1.82) is 0 Å². The highest BCUT2D eigenvalue weighted by atomic mass is 14.7. The Hall–Kier alpha value is -1.11. The highest BCUT2D eigenvalue weighted by Crippen LogP contribution is 2.20. The summed E-state index contributed by atoms with van der Waals surface area (Å²) in [5.41, 5.74) is 3.99. The van der Waals surface area contributed by atoms with Crippen LogP contribution in [0.15, 0.2) is 23.9 Å². The fraction of sp³-hybridized carbons (Fsp3) is 0.300. The van der Waals surface area contributed by atoms with Gasteiger partial charge >= 0.3 is 0 Å². The smallest absolute Gasteiger partial charge is 0.0661 e. The number of pyridine rings is 1. The molecule has 0 saturated heterocycles. The standard InChI is InChI=1S/C10H11N/c1-8-4-5-9-3-2-6-11-10(9)7-8/h2-3,6-7H,4-5H2,1H3. The van der Waals surface area contributed by atoms with Gasteiger partial charge in [0.2, 0.25) is 0 Å². The molecule has 0 saturated carbocycles. The minimum absolute atomic E-state index is 1.16. The molecule has 0 spiro atoms. The molecule has 0 N–H and O–H groups in total. The summed E-state index contributed by atoms with van der Waals surface area (Å²) in [7, 11) is 0. The quantitative estimate of drug-likeness (QED) is 0.546. The van der Waals surface area contributed by atoms with Crippen LogP contribution in [0, 0.1) is 0 Å². The summed E-state index contributed by atoms with van der Waals surface area (Å²) in [5, 5.41) is 0. The molecule has 0 aliphatic heterocycles. The van der Waals surface area contributed by atoms with Crippen LogP contribution in [0.5, 0.6) is 0 Å². The Bertz CT molecular complexity index is 299. The minimum Gasteiger partial charge on any atom is -0.257 e. The third-order valence-electron chi connectivity index (χ3n) is 2.10. The molecule has 0 radical (unpaired) electrons. The highest BCUT2D eigenvalue weighted by Gasteiger charge is 2.06. The van der Waals surface area contributed by atoms with Gasteiger partial charge in [-0.3, -0.25) is 4.98 Å². The van der Waals surface area contributed by atoms with E-state index in [2.05, 4.69) is 24.1 Å². The minimum atomic E-state index is 1.16. The van der Waals surface area contributed by atoms with Gasteiger partial charge < -0.3 is 0 Å². The van der Waals surface area contributed by atoms with Gasteiger partial charge in [0, 0.05) is 6.20 Å². The predicted molar refractivity (Wildman–Crippen MR) is 46.2 cm³/mol. The molecule has 0 aromatic carbocycles. The number of rotatable bonds is 0. The van der Waals surface area contributed by atoms with E-state index in [0.29, 0.717) is 0 Å². The molecule has 1 aromatic heterocycles. The maximum atomic E-state index is 4.29. The number of allylic oxidation sites excluding steroid dienone is 1. The van der Waals surface area contributed by atoms with Crippen molar-refractivity contribution in [3.8, 4) is 0 Å². The Labute approximate surface area is 66.8 Å². The van der Waals surface area contributed by atoms with Crippen LogP contribution in [0.25, 0.3) is 6.08 Å². The molecule has 0 atom stereocenters. The molecular weight excluding hydrogens is 134 g/mol. The van der Waals surface area contributed by atoms with Gasteiger partial charge in [0.15, 0.2) is 0 Å². The third-order valence-corrected chi connectivity index (χ3v) is 2.10. The van der Waals surface area contributed by atoms with Crippen molar-refractivity contribution in [2.45, 2.75) is 19.8 Å². The lowest BCUT2D eigenvalue weighted by molar-refractivity contribution is 0.912. The van der Waals surface area contributed by atoms with Crippen LogP contribution < -0.4 is 0 Å². The number of hydrogen-bond acceptors (Lipinski definition) is 1. The number of nitrogens with zero attached hydrogens (tertiary/aromatic N) is 1. The second kappa shape index (κ2) is 2.50. The number of aromatic nitrogens is 1. The van der Waals surface area contributed by atoms with Crippen LogP contribution in [0.1, 0.15) is 24.6 Å². The van der Waals surface area contributed by atoms with E-state index < -0.39 is 0 Å². The normalized spacial score (nSPS) is 15.5. The van der Waals surface area contributed by atoms with Crippen molar-refractivity contribution >= 4 is 6.08 Å². The average Bonchev–Trinajstić information content (AvgIpc) is 2.04. The van der Waals surface area contributed by atoms with E-state index in [4.69, 9.17) is 0 Å². The summed E-state index contributed by atoms with van der Waals surface area (Å²) in [5.74, 6) is 0. The van der Waals surface area contributed by atoms with Gasteiger partial charge in [0.25, 0.3) is 0 Å². The third kappa shape index (κ3) is 1.18. The van der Waals surface area contributed by atoms with Crippen LogP contribution in [-0.2, 0) is 6.42 Å². The van der Waals surface area contributed by atoms with Gasteiger partial charge in [-0.15, -0.1) is 0 Å². The topological polar surface area (TPSA) is 12.9 Å². The van der Waals surface area contributed by atoms with E-state index in [1.807, 2.05) is 12.3 Å². The molecule has 1 aliphatic rings. The number of fused-ring (bicyclic) bond motifs is 1. The van der Waals surface area contributed by atoms with Crippen LogP contribution in [0.2, 0.25) is 0 Å². The lowest BCUT2D eigenvalue weighted by atomic mass is 9.97. The first-order chi connectivity index (χ1) is 5.36. The summed E-state index contributed by atoms with van der Waals surface area (Å²) in [6.45, 7) is 2.16. The first-order valence-electron chi connectivity index (χ1n) is 3.97. The summed E-state index contributed by atoms with van der Waals surface area (Å²) < 4.78 is 0. The Kier molecular flexibility index (Phi) is 1.50. The Morgan fingerprint density at radius 1 is 1.36 bits per heavy atom. The molecular formula is C10H11N. The lowest BCUT2D eigenvalue weighted by Gasteiger charge is -2.11. The molecule has 11 heavy (non-hydrogen) atoms. The largest absolute Gasteiger partial charge is 0.257 e. The SMILES string of the molecule is CC1=Cc2ncccc2CC1. The predicted octanol–water partition coefficient (Wildman–Crippen LogP) is 2.43. The molecule has 2 rings (SSSR count). The van der Waals surface area contributed by atoms with Crippen molar-refractivity contribution in [2.24, 2.45) is 0 Å². The summed E-state index contributed by atoms with van der Waals surface area (Å²) in [4.78, 5) is 4.29. The Morgan fingerprint density at radius 2 is 2.27 bits per heavy atom. The van der Waals surface area contributed by atoms with Crippen LogP contribution in [0.3, 0.4) is 0 Å². The first-order valence-corrected chi connectivity index (χ1v) is 3.97. The molecule has 56 valence electrons. The van der Waals surface area contributed by atoms with Crippen LogP contribution in [-0.4, -0.2) is 4.98 Å². The maximum absolute atomic E-state index is 4.29. The van der Waals surface area contributed by atoms with Gasteiger partial charge in [-0.05, 0) is 37.5 Å². The summed E-state index contributed by atoms with van der Waals surface area (Å²) in [6.07, 6.45) is 6.39. The summed E-state index contributed by atoms with van der Waals surface area (Å²) in [6, 6.07) is 4.17. The Morgan fingerprint density at radius 3 is 3.18 bits per heavy atom. The van der Waals surface area contributed by atoms with Gasteiger partial charge in [0.1, 0.15) is 0 Å².